The largest absolute Gasteiger partial charge is 0.369 e. The number of nitrogens with two attached hydrogens (primary N) is 1. The van der Waals surface area contributed by atoms with Crippen LogP contribution in [0, 0.1) is 10.1 Å². The molecule has 2 rings (SSSR count). The molecule has 2 N–H and O–H groups in total. The van der Waals surface area contributed by atoms with Crippen molar-refractivity contribution in [2.45, 2.75) is 37.6 Å². The van der Waals surface area contributed by atoms with E-state index >= 15 is 0 Å². The zero-order valence-corrected chi connectivity index (χ0v) is 16.6. The zero-order chi connectivity index (χ0) is 20.9. The van der Waals surface area contributed by atoms with Gasteiger partial charge in [-0.05, 0) is 36.6 Å². The van der Waals surface area contributed by atoms with Gasteiger partial charge in [-0.15, -0.1) is 0 Å². The van der Waals surface area contributed by atoms with Crippen molar-refractivity contribution in [2.75, 3.05) is 6.54 Å². The van der Waals surface area contributed by atoms with Crippen molar-refractivity contribution in [3.8, 4) is 0 Å². The minimum absolute atomic E-state index is 0.145. The molecular formula is C19H23N3O5S. The summed E-state index contributed by atoms with van der Waals surface area (Å²) < 4.78 is 27.2. The number of sulfonamides is 1. The second kappa shape index (κ2) is 8.94. The van der Waals surface area contributed by atoms with E-state index in [1.54, 1.807) is 6.92 Å². The standard InChI is InChI=1S/C19H23N3O5S/c1-3-4-15-5-7-16(8-6-15)14(2)21(13-19(20)23)28(26,27)18-11-9-17(10-12-18)22(24)25/h5-12,14H,3-4,13H2,1-2H3,(H2,20,23). The van der Waals surface area contributed by atoms with Crippen molar-refractivity contribution in [2.24, 2.45) is 5.73 Å². The van der Waals surface area contributed by atoms with E-state index in [4.69, 9.17) is 5.73 Å². The van der Waals surface area contributed by atoms with Gasteiger partial charge in [-0.25, -0.2) is 8.42 Å². The average Bonchev–Trinajstić information content (AvgIpc) is 2.66. The summed E-state index contributed by atoms with van der Waals surface area (Å²) in [5, 5.41) is 10.8. The van der Waals surface area contributed by atoms with Crippen molar-refractivity contribution in [3.05, 3.63) is 69.8 Å². The smallest absolute Gasteiger partial charge is 0.269 e. The maximum absolute atomic E-state index is 13.1. The van der Waals surface area contributed by atoms with E-state index in [2.05, 4.69) is 6.92 Å². The lowest BCUT2D eigenvalue weighted by Gasteiger charge is -2.27. The van der Waals surface area contributed by atoms with Crippen LogP contribution in [0.3, 0.4) is 0 Å². The van der Waals surface area contributed by atoms with Gasteiger partial charge in [0, 0.05) is 18.2 Å². The molecule has 0 saturated carbocycles. The Hall–Kier alpha value is -2.78. The number of non-ortho nitro benzene ring substituents is 1. The number of benzene rings is 2. The van der Waals surface area contributed by atoms with Crippen molar-refractivity contribution in [3.63, 3.8) is 0 Å². The Kier molecular flexibility index (Phi) is 6.87. The number of primary amides is 1. The first-order valence-electron chi connectivity index (χ1n) is 8.80. The minimum Gasteiger partial charge on any atom is -0.369 e. The van der Waals surface area contributed by atoms with Crippen molar-refractivity contribution in [1.29, 1.82) is 0 Å². The van der Waals surface area contributed by atoms with Gasteiger partial charge in [0.1, 0.15) is 0 Å². The van der Waals surface area contributed by atoms with Crippen LogP contribution >= 0.6 is 0 Å². The Morgan fingerprint density at radius 2 is 1.71 bits per heavy atom. The summed E-state index contributed by atoms with van der Waals surface area (Å²) in [6, 6.07) is 11.4. The first-order valence-corrected chi connectivity index (χ1v) is 10.2. The highest BCUT2D eigenvalue weighted by Gasteiger charge is 2.31. The van der Waals surface area contributed by atoms with Gasteiger partial charge in [0.05, 0.1) is 16.4 Å². The summed E-state index contributed by atoms with van der Waals surface area (Å²) in [6.45, 7) is 3.24. The van der Waals surface area contributed by atoms with Crippen molar-refractivity contribution >= 4 is 21.6 Å². The SMILES string of the molecule is CCCc1ccc(C(C)N(CC(N)=O)S(=O)(=O)c2ccc([N+](=O)[O-])cc2)cc1. The number of nitro benzene ring substituents is 1. The molecule has 0 aliphatic carbocycles. The molecule has 2 aromatic rings. The average molecular weight is 405 g/mol. The van der Waals surface area contributed by atoms with Gasteiger partial charge in [-0.1, -0.05) is 37.6 Å². The Morgan fingerprint density at radius 3 is 2.18 bits per heavy atom. The fourth-order valence-electron chi connectivity index (χ4n) is 2.88. The molecule has 0 aromatic heterocycles. The third kappa shape index (κ3) is 4.93. The van der Waals surface area contributed by atoms with Crippen LogP contribution in [0.5, 0.6) is 0 Å². The highest BCUT2D eigenvalue weighted by Crippen LogP contribution is 2.28. The topological polar surface area (TPSA) is 124 Å². The summed E-state index contributed by atoms with van der Waals surface area (Å²) in [6.07, 6.45) is 1.91. The first kappa shape index (κ1) is 21.5. The minimum atomic E-state index is -4.10. The maximum atomic E-state index is 13.1. The van der Waals surface area contributed by atoms with Gasteiger partial charge in [0.2, 0.25) is 15.9 Å². The summed E-state index contributed by atoms with van der Waals surface area (Å²) in [5.41, 5.74) is 6.91. The first-order chi connectivity index (χ1) is 13.2. The lowest BCUT2D eigenvalue weighted by molar-refractivity contribution is -0.384. The number of hydrogen-bond acceptors (Lipinski definition) is 5. The molecule has 0 fully saturated rings. The molecule has 2 aromatic carbocycles. The van der Waals surface area contributed by atoms with Gasteiger partial charge < -0.3 is 5.73 Å². The number of hydrogen-bond donors (Lipinski definition) is 1. The normalized spacial score (nSPS) is 12.7. The second-order valence-electron chi connectivity index (χ2n) is 6.44. The summed E-state index contributed by atoms with van der Waals surface area (Å²) in [7, 11) is -4.10. The molecule has 0 spiro atoms. The predicted molar refractivity (Wildman–Crippen MR) is 105 cm³/mol. The predicted octanol–water partition coefficient (Wildman–Crippen LogP) is 2.78. The number of rotatable bonds is 9. The van der Waals surface area contributed by atoms with Crippen LogP contribution in [0.2, 0.25) is 0 Å². The monoisotopic (exact) mass is 405 g/mol. The molecule has 28 heavy (non-hydrogen) atoms. The van der Waals surface area contributed by atoms with Gasteiger partial charge in [-0.3, -0.25) is 14.9 Å². The van der Waals surface area contributed by atoms with Crippen molar-refractivity contribution < 1.29 is 18.1 Å². The molecule has 0 bridgehead atoms. The second-order valence-corrected chi connectivity index (χ2v) is 8.33. The fraction of sp³-hybridized carbons (Fsp3) is 0.316. The molecule has 0 aliphatic rings. The lowest BCUT2D eigenvalue weighted by atomic mass is 10.0. The van der Waals surface area contributed by atoms with E-state index in [1.165, 1.54) is 0 Å². The summed E-state index contributed by atoms with van der Waals surface area (Å²) >= 11 is 0. The van der Waals surface area contributed by atoms with Crippen LogP contribution in [0.25, 0.3) is 0 Å². The number of nitro groups is 1. The van der Waals surface area contributed by atoms with Crippen LogP contribution in [-0.2, 0) is 21.2 Å². The number of nitrogens with zero attached hydrogens (tertiary/aromatic N) is 2. The molecule has 0 saturated heterocycles. The molecule has 1 unspecified atom stereocenters. The molecule has 0 aliphatic heterocycles. The number of carbonyl (C=O) groups excluding carboxylic acids is 1. The Balaban J connectivity index is 2.40. The quantitative estimate of drug-likeness (QED) is 0.507. The molecule has 150 valence electrons. The number of carbonyl (C=O) groups is 1. The summed E-state index contributed by atoms with van der Waals surface area (Å²) in [5.74, 6) is -0.792. The lowest BCUT2D eigenvalue weighted by Crippen LogP contribution is -2.40. The Morgan fingerprint density at radius 1 is 1.14 bits per heavy atom. The van der Waals surface area contributed by atoms with Gasteiger partial charge in [0.15, 0.2) is 0 Å². The molecule has 8 nitrogen and oxygen atoms in total. The van der Waals surface area contributed by atoms with E-state index in [0.717, 1.165) is 47.0 Å². The van der Waals surface area contributed by atoms with E-state index < -0.39 is 33.4 Å². The van der Waals surface area contributed by atoms with E-state index in [-0.39, 0.29) is 10.6 Å². The zero-order valence-electron chi connectivity index (χ0n) is 15.7. The van der Waals surface area contributed by atoms with Gasteiger partial charge in [-0.2, -0.15) is 4.31 Å². The Bertz CT molecular complexity index is 941. The van der Waals surface area contributed by atoms with E-state index in [1.807, 2.05) is 24.3 Å². The molecule has 0 radical (unpaired) electrons. The van der Waals surface area contributed by atoms with Gasteiger partial charge in [0.25, 0.3) is 5.69 Å². The van der Waals surface area contributed by atoms with Crippen LogP contribution in [0.15, 0.2) is 53.4 Å². The highest BCUT2D eigenvalue weighted by molar-refractivity contribution is 7.89. The summed E-state index contributed by atoms with van der Waals surface area (Å²) in [4.78, 5) is 21.6. The molecule has 1 atom stereocenters. The molecular weight excluding hydrogens is 382 g/mol. The fourth-order valence-corrected chi connectivity index (χ4v) is 4.46. The van der Waals surface area contributed by atoms with Crippen LogP contribution in [0.1, 0.15) is 37.4 Å². The molecule has 0 heterocycles. The molecule has 9 heteroatoms. The molecule has 1 amide bonds. The number of amides is 1. The number of aryl methyl sites for hydroxylation is 1. The van der Waals surface area contributed by atoms with E-state index in [9.17, 15) is 23.3 Å². The highest BCUT2D eigenvalue weighted by atomic mass is 32.2. The third-order valence-electron chi connectivity index (χ3n) is 4.40. The third-order valence-corrected chi connectivity index (χ3v) is 6.33. The van der Waals surface area contributed by atoms with Crippen LogP contribution < -0.4 is 5.73 Å². The maximum Gasteiger partial charge on any atom is 0.269 e. The van der Waals surface area contributed by atoms with Gasteiger partial charge >= 0.3 is 0 Å². The Labute approximate surface area is 164 Å². The van der Waals surface area contributed by atoms with Crippen molar-refractivity contribution in [1.82, 2.24) is 4.31 Å². The van der Waals surface area contributed by atoms with Crippen LogP contribution in [-0.4, -0.2) is 30.1 Å². The van der Waals surface area contributed by atoms with Crippen LogP contribution in [0.4, 0.5) is 5.69 Å². The van der Waals surface area contributed by atoms with E-state index in [0.29, 0.717) is 5.56 Å².